The van der Waals surface area contributed by atoms with Gasteiger partial charge in [-0.2, -0.15) is 0 Å². The second-order valence-corrected chi connectivity index (χ2v) is 4.62. The number of alkyl halides is 1. The molecule has 5 heteroatoms. The van der Waals surface area contributed by atoms with Crippen molar-refractivity contribution in [1.82, 2.24) is 5.32 Å². The van der Waals surface area contributed by atoms with E-state index in [2.05, 4.69) is 21.2 Å². The number of benzene rings is 1. The van der Waals surface area contributed by atoms with Crippen LogP contribution < -0.4 is 5.32 Å². The van der Waals surface area contributed by atoms with Gasteiger partial charge in [0.1, 0.15) is 11.6 Å². The zero-order valence-electron chi connectivity index (χ0n) is 9.47. The molecule has 1 amide bonds. The lowest BCUT2D eigenvalue weighted by atomic mass is 10.1. The van der Waals surface area contributed by atoms with E-state index in [1.807, 2.05) is 6.92 Å². The molecule has 1 aromatic rings. The molecule has 0 radical (unpaired) electrons. The minimum atomic E-state index is -0.687. The van der Waals surface area contributed by atoms with Crippen molar-refractivity contribution in [3.63, 3.8) is 0 Å². The van der Waals surface area contributed by atoms with Gasteiger partial charge in [-0.3, -0.25) is 4.79 Å². The van der Waals surface area contributed by atoms with Crippen LogP contribution in [0.1, 0.15) is 18.9 Å². The van der Waals surface area contributed by atoms with Crippen LogP contribution in [-0.4, -0.2) is 17.3 Å². The molecule has 2 nitrogen and oxygen atoms in total. The molecule has 1 unspecified atom stereocenters. The van der Waals surface area contributed by atoms with Gasteiger partial charge in [0, 0.05) is 16.9 Å². The van der Waals surface area contributed by atoms with E-state index < -0.39 is 11.6 Å². The Morgan fingerprint density at radius 1 is 1.41 bits per heavy atom. The SMILES string of the molecule is CC(CCBr)NC(=O)Cc1c(F)cccc1F. The Morgan fingerprint density at radius 2 is 2.00 bits per heavy atom. The quantitative estimate of drug-likeness (QED) is 0.833. The zero-order chi connectivity index (χ0) is 12.8. The highest BCUT2D eigenvalue weighted by molar-refractivity contribution is 9.09. The van der Waals surface area contributed by atoms with Crippen LogP contribution in [-0.2, 0) is 11.2 Å². The van der Waals surface area contributed by atoms with Crippen molar-refractivity contribution in [2.75, 3.05) is 5.33 Å². The van der Waals surface area contributed by atoms with Gasteiger partial charge in [-0.15, -0.1) is 0 Å². The van der Waals surface area contributed by atoms with E-state index in [4.69, 9.17) is 0 Å². The van der Waals surface area contributed by atoms with Crippen molar-refractivity contribution in [2.45, 2.75) is 25.8 Å². The van der Waals surface area contributed by atoms with E-state index in [0.717, 1.165) is 23.9 Å². The molecule has 1 aromatic carbocycles. The Kier molecular flexibility index (Phi) is 5.55. The smallest absolute Gasteiger partial charge is 0.224 e. The first-order chi connectivity index (χ1) is 8.04. The molecular formula is C12H14BrF2NO. The lowest BCUT2D eigenvalue weighted by Gasteiger charge is -2.12. The largest absolute Gasteiger partial charge is 0.353 e. The topological polar surface area (TPSA) is 29.1 Å². The average molecular weight is 306 g/mol. The van der Waals surface area contributed by atoms with Gasteiger partial charge in [-0.1, -0.05) is 22.0 Å². The first-order valence-electron chi connectivity index (χ1n) is 5.32. The average Bonchev–Trinajstić information content (AvgIpc) is 2.24. The number of rotatable bonds is 5. The number of hydrogen-bond donors (Lipinski definition) is 1. The van der Waals surface area contributed by atoms with Crippen molar-refractivity contribution in [3.8, 4) is 0 Å². The van der Waals surface area contributed by atoms with E-state index in [9.17, 15) is 13.6 Å². The van der Waals surface area contributed by atoms with Crippen molar-refractivity contribution in [3.05, 3.63) is 35.4 Å². The van der Waals surface area contributed by atoms with Crippen LogP contribution in [0, 0.1) is 11.6 Å². The van der Waals surface area contributed by atoms with E-state index in [0.29, 0.717) is 0 Å². The molecule has 17 heavy (non-hydrogen) atoms. The second kappa shape index (κ2) is 6.69. The molecular weight excluding hydrogens is 292 g/mol. The molecule has 0 saturated heterocycles. The Hall–Kier alpha value is -0.970. The Balaban J connectivity index is 2.62. The van der Waals surface area contributed by atoms with Crippen LogP contribution in [0.5, 0.6) is 0 Å². The van der Waals surface area contributed by atoms with Gasteiger partial charge in [0.25, 0.3) is 0 Å². The molecule has 0 aliphatic rings. The standard InChI is InChI=1S/C12H14BrF2NO/c1-8(5-6-13)16-12(17)7-9-10(14)3-2-4-11(9)15/h2-4,8H,5-7H2,1H3,(H,16,17). The minimum absolute atomic E-state index is 0.0169. The number of nitrogens with one attached hydrogen (secondary N) is 1. The van der Waals surface area contributed by atoms with Gasteiger partial charge < -0.3 is 5.32 Å². The summed E-state index contributed by atoms with van der Waals surface area (Å²) in [4.78, 5) is 11.5. The van der Waals surface area contributed by atoms with Gasteiger partial charge >= 0.3 is 0 Å². The number of carbonyl (C=O) groups is 1. The van der Waals surface area contributed by atoms with Crippen molar-refractivity contribution in [1.29, 1.82) is 0 Å². The maximum atomic E-state index is 13.3. The molecule has 1 N–H and O–H groups in total. The molecule has 1 atom stereocenters. The minimum Gasteiger partial charge on any atom is -0.353 e. The third-order valence-corrected chi connectivity index (χ3v) is 2.81. The first kappa shape index (κ1) is 14.1. The summed E-state index contributed by atoms with van der Waals surface area (Å²) in [7, 11) is 0. The second-order valence-electron chi connectivity index (χ2n) is 3.82. The van der Waals surface area contributed by atoms with Gasteiger partial charge in [0.2, 0.25) is 5.91 Å². The number of halogens is 3. The summed E-state index contributed by atoms with van der Waals surface area (Å²) in [6.07, 6.45) is 0.497. The third kappa shape index (κ3) is 4.42. The van der Waals surface area contributed by atoms with E-state index >= 15 is 0 Å². The predicted octanol–water partition coefficient (Wildman–Crippen LogP) is 2.80. The molecule has 0 bridgehead atoms. The number of carbonyl (C=O) groups excluding carboxylic acids is 1. The summed E-state index contributed by atoms with van der Waals surface area (Å²) in [6, 6.07) is 3.55. The molecule has 94 valence electrons. The summed E-state index contributed by atoms with van der Waals surface area (Å²) in [5.41, 5.74) is -0.184. The fourth-order valence-electron chi connectivity index (χ4n) is 1.42. The normalized spacial score (nSPS) is 12.2. The number of amides is 1. The van der Waals surface area contributed by atoms with Crippen LogP contribution in [0.3, 0.4) is 0 Å². The molecule has 0 aromatic heterocycles. The summed E-state index contributed by atoms with van der Waals surface area (Å²) < 4.78 is 26.5. The van der Waals surface area contributed by atoms with Crippen LogP contribution >= 0.6 is 15.9 Å². The highest BCUT2D eigenvalue weighted by Gasteiger charge is 2.14. The summed E-state index contributed by atoms with van der Waals surface area (Å²) in [6.45, 7) is 1.84. The lowest BCUT2D eigenvalue weighted by molar-refractivity contribution is -0.121. The molecule has 0 aliphatic carbocycles. The van der Waals surface area contributed by atoms with Crippen molar-refractivity contribution in [2.24, 2.45) is 0 Å². The maximum absolute atomic E-state index is 13.3. The zero-order valence-corrected chi connectivity index (χ0v) is 11.1. The molecule has 1 rings (SSSR count). The Labute approximate surface area is 108 Å². The van der Waals surface area contributed by atoms with Crippen LogP contribution in [0.2, 0.25) is 0 Å². The summed E-state index contributed by atoms with van der Waals surface area (Å²) in [5, 5.41) is 3.45. The molecule has 0 saturated carbocycles. The molecule has 0 heterocycles. The van der Waals surface area contributed by atoms with E-state index in [1.54, 1.807) is 0 Å². The van der Waals surface area contributed by atoms with Gasteiger partial charge in [0.15, 0.2) is 0 Å². The van der Waals surface area contributed by atoms with E-state index in [1.165, 1.54) is 6.07 Å². The van der Waals surface area contributed by atoms with Crippen molar-refractivity contribution >= 4 is 21.8 Å². The van der Waals surface area contributed by atoms with Crippen LogP contribution in [0.25, 0.3) is 0 Å². The predicted molar refractivity (Wildman–Crippen MR) is 66.1 cm³/mol. The fraction of sp³-hybridized carbons (Fsp3) is 0.417. The molecule has 0 spiro atoms. The molecule has 0 fully saturated rings. The first-order valence-corrected chi connectivity index (χ1v) is 6.45. The monoisotopic (exact) mass is 305 g/mol. The van der Waals surface area contributed by atoms with Gasteiger partial charge in [-0.05, 0) is 25.5 Å². The highest BCUT2D eigenvalue weighted by atomic mass is 79.9. The third-order valence-electron chi connectivity index (χ3n) is 2.35. The lowest BCUT2D eigenvalue weighted by Crippen LogP contribution is -2.34. The van der Waals surface area contributed by atoms with Crippen molar-refractivity contribution < 1.29 is 13.6 Å². The van der Waals surface area contributed by atoms with Gasteiger partial charge in [-0.25, -0.2) is 8.78 Å². The molecule has 0 aliphatic heterocycles. The van der Waals surface area contributed by atoms with E-state index in [-0.39, 0.29) is 23.9 Å². The fourth-order valence-corrected chi connectivity index (χ4v) is 2.11. The highest BCUT2D eigenvalue weighted by Crippen LogP contribution is 2.12. The number of hydrogen-bond acceptors (Lipinski definition) is 1. The van der Waals surface area contributed by atoms with Crippen LogP contribution in [0.4, 0.5) is 8.78 Å². The Bertz CT molecular complexity index is 378. The summed E-state index contributed by atoms with van der Waals surface area (Å²) in [5.74, 6) is -1.75. The van der Waals surface area contributed by atoms with Crippen LogP contribution in [0.15, 0.2) is 18.2 Å². The summed E-state index contributed by atoms with van der Waals surface area (Å²) >= 11 is 3.26. The van der Waals surface area contributed by atoms with Gasteiger partial charge in [0.05, 0.1) is 6.42 Å². The Morgan fingerprint density at radius 3 is 2.53 bits per heavy atom. The maximum Gasteiger partial charge on any atom is 0.224 e.